The molecule has 0 aliphatic rings. The number of nitrogens with two attached hydrogens (primary N) is 2. The van der Waals surface area contributed by atoms with Gasteiger partial charge in [-0.2, -0.15) is 0 Å². The summed E-state index contributed by atoms with van der Waals surface area (Å²) in [6.45, 7) is -1.05. The van der Waals surface area contributed by atoms with Crippen LogP contribution in [0.2, 0.25) is 0 Å². The summed E-state index contributed by atoms with van der Waals surface area (Å²) in [6.07, 6.45) is -0.773. The second kappa shape index (κ2) is 9.73. The molecule has 19 heavy (non-hydrogen) atoms. The number of carbonyl (C=O) groups is 4. The van der Waals surface area contributed by atoms with Crippen LogP contribution in [0.25, 0.3) is 0 Å². The van der Waals surface area contributed by atoms with Gasteiger partial charge < -0.3 is 26.5 Å². The van der Waals surface area contributed by atoms with E-state index in [9.17, 15) is 24.3 Å². The average molecular weight is 283 g/mol. The number of hydrogen-bond donors (Lipinski definition) is 3. The first kappa shape index (κ1) is 20.2. The molecule has 0 bridgehead atoms. The first-order chi connectivity index (χ1) is 8.23. The number of carboxylic acid groups (broad SMARTS) is 2. The topological polar surface area (TPSA) is 167 Å². The van der Waals surface area contributed by atoms with Gasteiger partial charge in [0.15, 0.2) is 0 Å². The summed E-state index contributed by atoms with van der Waals surface area (Å²) >= 11 is 0. The summed E-state index contributed by atoms with van der Waals surface area (Å²) in [5.74, 6) is -4.53. The summed E-state index contributed by atoms with van der Waals surface area (Å²) in [6, 6.07) is -1.42. The van der Waals surface area contributed by atoms with Crippen molar-refractivity contribution in [1.82, 2.24) is 4.90 Å². The zero-order valence-corrected chi connectivity index (χ0v) is 12.5. The van der Waals surface area contributed by atoms with E-state index in [2.05, 4.69) is 0 Å². The first-order valence-electron chi connectivity index (χ1n) is 4.97. The number of primary amides is 2. The molecule has 0 aromatic carbocycles. The van der Waals surface area contributed by atoms with Gasteiger partial charge in [0.05, 0.1) is 25.1 Å². The molecule has 10 heteroatoms. The van der Waals surface area contributed by atoms with Crippen LogP contribution in [0.15, 0.2) is 0 Å². The van der Waals surface area contributed by atoms with Crippen molar-refractivity contribution < 1.29 is 58.9 Å². The van der Waals surface area contributed by atoms with E-state index in [-0.39, 0.29) is 36.0 Å². The molecule has 0 saturated carbocycles. The minimum absolute atomic E-state index is 0. The van der Waals surface area contributed by atoms with Crippen LogP contribution < -0.4 is 46.1 Å². The van der Waals surface area contributed by atoms with Crippen LogP contribution in [-0.4, -0.2) is 52.9 Å². The quantitative estimate of drug-likeness (QED) is 0.353. The van der Waals surface area contributed by atoms with E-state index in [0.717, 1.165) is 4.90 Å². The Morgan fingerprint density at radius 2 is 1.53 bits per heavy atom. The molecule has 0 aliphatic heterocycles. The van der Waals surface area contributed by atoms with Crippen LogP contribution in [0.3, 0.4) is 0 Å². The van der Waals surface area contributed by atoms with Crippen LogP contribution in [0.4, 0.5) is 0 Å². The van der Waals surface area contributed by atoms with Gasteiger partial charge in [0.25, 0.3) is 0 Å². The smallest absolute Gasteiger partial charge is 0.548 e. The van der Waals surface area contributed by atoms with E-state index >= 15 is 0 Å². The molecule has 0 aliphatic carbocycles. The molecule has 0 aromatic heterocycles. The van der Waals surface area contributed by atoms with Crippen molar-refractivity contribution in [1.29, 1.82) is 0 Å². The van der Waals surface area contributed by atoms with E-state index in [1.165, 1.54) is 0 Å². The predicted molar refractivity (Wildman–Crippen MR) is 55.6 cm³/mol. The van der Waals surface area contributed by atoms with Crippen molar-refractivity contribution in [3.63, 3.8) is 0 Å². The third kappa shape index (κ3) is 9.42. The fourth-order valence-electron chi connectivity index (χ4n) is 1.39. The Kier molecular flexibility index (Phi) is 10.3. The second-order valence-corrected chi connectivity index (χ2v) is 3.60. The largest absolute Gasteiger partial charge is 1.00 e. The number of rotatable bonds is 9. The van der Waals surface area contributed by atoms with E-state index in [1.807, 2.05) is 0 Å². The summed E-state index contributed by atoms with van der Waals surface area (Å²) < 4.78 is 0. The molecule has 5 N–H and O–H groups in total. The number of carboxylic acids is 2. The summed E-state index contributed by atoms with van der Waals surface area (Å²) in [4.78, 5) is 43.6. The Labute approximate surface area is 131 Å². The minimum Gasteiger partial charge on any atom is -0.548 e. The molecule has 102 valence electrons. The molecule has 0 heterocycles. The number of carbonyl (C=O) groups excluding carboxylic acids is 3. The molecular weight excluding hydrogens is 269 g/mol. The number of hydrogen-bond acceptors (Lipinski definition) is 6. The molecule has 0 rings (SSSR count). The van der Waals surface area contributed by atoms with Crippen LogP contribution in [0.1, 0.15) is 12.8 Å². The fraction of sp³-hybridized carbons (Fsp3) is 0.556. The van der Waals surface area contributed by atoms with Crippen LogP contribution in [0, 0.1) is 0 Å². The number of aliphatic carboxylic acids is 2. The van der Waals surface area contributed by atoms with Crippen molar-refractivity contribution in [2.75, 3.05) is 13.1 Å². The molecule has 0 fully saturated rings. The monoisotopic (exact) mass is 283 g/mol. The van der Waals surface area contributed by atoms with Crippen molar-refractivity contribution in [3.05, 3.63) is 0 Å². The summed E-state index contributed by atoms with van der Waals surface area (Å²) in [5.41, 5.74) is 9.80. The number of amides is 2. The van der Waals surface area contributed by atoms with E-state index in [4.69, 9.17) is 16.6 Å². The maximum atomic E-state index is 10.9. The first-order valence-corrected chi connectivity index (χ1v) is 4.97. The van der Waals surface area contributed by atoms with Crippen molar-refractivity contribution in [2.24, 2.45) is 11.5 Å². The molecule has 1 atom stereocenters. The Bertz CT molecular complexity index is 346. The third-order valence-electron chi connectivity index (χ3n) is 2.06. The van der Waals surface area contributed by atoms with Gasteiger partial charge in [0, 0.05) is 6.42 Å². The maximum absolute atomic E-state index is 10.9. The van der Waals surface area contributed by atoms with Crippen molar-refractivity contribution in [2.45, 2.75) is 18.9 Å². The SMILES string of the molecule is NC(=O)CN(CC(N)=O)[C@@H](CCC(=O)O)C(=O)[O-].[Na+]. The Balaban J connectivity index is 0. The molecule has 0 saturated heterocycles. The van der Waals surface area contributed by atoms with Crippen molar-refractivity contribution >= 4 is 23.8 Å². The molecule has 2 amide bonds. The fourth-order valence-corrected chi connectivity index (χ4v) is 1.39. The number of nitrogens with zero attached hydrogens (tertiary/aromatic N) is 1. The van der Waals surface area contributed by atoms with Gasteiger partial charge in [-0.15, -0.1) is 0 Å². The van der Waals surface area contributed by atoms with Gasteiger partial charge in [0.2, 0.25) is 11.8 Å². The van der Waals surface area contributed by atoms with Crippen molar-refractivity contribution in [3.8, 4) is 0 Å². The van der Waals surface area contributed by atoms with Gasteiger partial charge in [-0.05, 0) is 6.42 Å². The zero-order chi connectivity index (χ0) is 14.3. The van der Waals surface area contributed by atoms with Gasteiger partial charge >= 0.3 is 35.5 Å². The third-order valence-corrected chi connectivity index (χ3v) is 2.06. The molecule has 9 nitrogen and oxygen atoms in total. The molecule has 0 unspecified atom stereocenters. The van der Waals surface area contributed by atoms with Gasteiger partial charge in [-0.1, -0.05) is 0 Å². The molecule has 0 radical (unpaired) electrons. The molecule has 0 spiro atoms. The van der Waals surface area contributed by atoms with Gasteiger partial charge in [0.1, 0.15) is 0 Å². The average Bonchev–Trinajstić information content (AvgIpc) is 2.14. The van der Waals surface area contributed by atoms with Crippen LogP contribution >= 0.6 is 0 Å². The van der Waals surface area contributed by atoms with E-state index in [0.29, 0.717) is 0 Å². The van der Waals surface area contributed by atoms with Crippen LogP contribution in [0.5, 0.6) is 0 Å². The van der Waals surface area contributed by atoms with Crippen LogP contribution in [-0.2, 0) is 19.2 Å². The molecular formula is C9H14N3NaO6. The normalized spacial score (nSPS) is 11.4. The zero-order valence-electron chi connectivity index (χ0n) is 10.5. The van der Waals surface area contributed by atoms with E-state index in [1.54, 1.807) is 0 Å². The van der Waals surface area contributed by atoms with E-state index < -0.39 is 49.3 Å². The summed E-state index contributed by atoms with van der Waals surface area (Å²) in [5, 5.41) is 19.3. The Hall–Kier alpha value is -1.16. The second-order valence-electron chi connectivity index (χ2n) is 3.60. The standard InChI is InChI=1S/C9H15N3O6.Na/c10-6(13)3-12(4-7(11)14)5(9(17)18)1-2-8(15)16;/h5H,1-4H2,(H2,10,13)(H2,11,14)(H,15,16)(H,17,18);/q;+1/p-1/t5-;/m0./s1. The molecule has 0 aromatic rings. The van der Waals surface area contributed by atoms with Gasteiger partial charge in [-0.25, -0.2) is 0 Å². The maximum Gasteiger partial charge on any atom is 1.00 e. The Morgan fingerprint density at radius 3 is 1.79 bits per heavy atom. The summed E-state index contributed by atoms with van der Waals surface area (Å²) in [7, 11) is 0. The predicted octanol–water partition coefficient (Wildman–Crippen LogP) is -6.75. The van der Waals surface area contributed by atoms with Gasteiger partial charge in [-0.3, -0.25) is 19.3 Å². The Morgan fingerprint density at radius 1 is 1.11 bits per heavy atom. The minimum atomic E-state index is -1.60.